The van der Waals surface area contributed by atoms with Crippen molar-refractivity contribution in [3.8, 4) is 0 Å². The molecule has 0 spiro atoms. The smallest absolute Gasteiger partial charge is 0.351 e. The Kier molecular flexibility index (Phi) is 8.63. The minimum Gasteiger partial charge on any atom is -0.394 e. The van der Waals surface area contributed by atoms with Crippen molar-refractivity contribution >= 4 is 38.6 Å². The molecule has 0 bridgehead atoms. The van der Waals surface area contributed by atoms with E-state index in [1.165, 1.54) is 41.0 Å². The number of nitrogens with zero attached hydrogens (tertiary/aromatic N) is 3. The number of aliphatic hydroxyl groups excluding tert-OH is 1. The average Bonchev–Trinajstić information content (AvgIpc) is 3.33. The van der Waals surface area contributed by atoms with Crippen molar-refractivity contribution in [3.05, 3.63) is 80.3 Å². The van der Waals surface area contributed by atoms with Crippen LogP contribution in [0, 0.1) is 10.1 Å². The molecule has 36 heavy (non-hydrogen) atoms. The van der Waals surface area contributed by atoms with Crippen LogP contribution in [0.5, 0.6) is 0 Å². The van der Waals surface area contributed by atoms with E-state index in [1.807, 2.05) is 0 Å². The molecule has 0 radical (unpaired) electrons. The highest BCUT2D eigenvalue weighted by Crippen LogP contribution is 2.34. The van der Waals surface area contributed by atoms with Crippen LogP contribution in [0.25, 0.3) is 0 Å². The predicted molar refractivity (Wildman–Crippen MR) is 133 cm³/mol. The summed E-state index contributed by atoms with van der Waals surface area (Å²) in [6.07, 6.45) is 2.51. The number of halogens is 1. The van der Waals surface area contributed by atoms with Crippen LogP contribution in [-0.4, -0.2) is 47.8 Å². The monoisotopic (exact) mass is 537 g/mol. The van der Waals surface area contributed by atoms with Gasteiger partial charge in [0.15, 0.2) is 0 Å². The van der Waals surface area contributed by atoms with Gasteiger partial charge in [-0.3, -0.25) is 14.7 Å². The summed E-state index contributed by atoms with van der Waals surface area (Å²) >= 11 is 5.84. The van der Waals surface area contributed by atoms with Gasteiger partial charge in [-0.1, -0.05) is 23.7 Å². The molecule has 1 aliphatic heterocycles. The first kappa shape index (κ1) is 27.1. The van der Waals surface area contributed by atoms with Gasteiger partial charge < -0.3 is 20.9 Å². The highest BCUT2D eigenvalue weighted by molar-refractivity contribution is 7.91. The number of sulfone groups is 1. The number of ether oxygens (including phenoxy) is 1. The fraction of sp³-hybridized carbons (Fsp3) is 0.273. The Bertz CT molecular complexity index is 1410. The first-order valence-electron chi connectivity index (χ1n) is 10.6. The summed E-state index contributed by atoms with van der Waals surface area (Å²) < 4.78 is 32.2. The van der Waals surface area contributed by atoms with E-state index < -0.39 is 26.1 Å². The number of anilines is 2. The maximum absolute atomic E-state index is 12.7. The van der Waals surface area contributed by atoms with Crippen molar-refractivity contribution in [2.24, 2.45) is 0 Å². The molecule has 0 amide bonds. The zero-order valence-corrected chi connectivity index (χ0v) is 20.6. The number of nitro groups is 1. The minimum absolute atomic E-state index is 0.0202. The predicted octanol–water partition coefficient (Wildman–Crippen LogP) is 2.62. The zero-order valence-electron chi connectivity index (χ0n) is 19.1. The van der Waals surface area contributed by atoms with Crippen molar-refractivity contribution < 1.29 is 23.2 Å². The Balaban J connectivity index is 0.000000212. The molecule has 192 valence electrons. The number of para-hydroxylation sites is 1. The zero-order chi connectivity index (χ0) is 26.5. The van der Waals surface area contributed by atoms with Crippen LogP contribution in [-0.2, 0) is 14.6 Å². The number of aliphatic hydroxyl groups is 1. The number of nitrogens with two attached hydrogens (primary N) is 1. The maximum atomic E-state index is 12.7. The molecule has 0 aliphatic carbocycles. The van der Waals surface area contributed by atoms with Gasteiger partial charge in [-0.15, -0.1) is 0 Å². The molecular formula is C22H24ClN5O7S. The van der Waals surface area contributed by atoms with Crippen LogP contribution < -0.4 is 16.7 Å². The van der Waals surface area contributed by atoms with Crippen LogP contribution in [0.1, 0.15) is 19.1 Å². The summed E-state index contributed by atoms with van der Waals surface area (Å²) in [5, 5.41) is 22.9. The lowest BCUT2D eigenvalue weighted by Gasteiger charge is -2.14. The highest BCUT2D eigenvalue weighted by Gasteiger charge is 2.29. The highest BCUT2D eigenvalue weighted by atomic mass is 35.5. The number of aromatic nitrogens is 2. The molecule has 1 fully saturated rings. The second-order valence-corrected chi connectivity index (χ2v) is 9.96. The van der Waals surface area contributed by atoms with Gasteiger partial charge in [-0.25, -0.2) is 13.2 Å². The van der Waals surface area contributed by atoms with Gasteiger partial charge in [0.2, 0.25) is 9.84 Å². The van der Waals surface area contributed by atoms with E-state index in [1.54, 1.807) is 19.3 Å². The minimum atomic E-state index is -4.07. The van der Waals surface area contributed by atoms with E-state index in [-0.39, 0.29) is 39.6 Å². The van der Waals surface area contributed by atoms with Crippen LogP contribution in [0.3, 0.4) is 0 Å². The third kappa shape index (κ3) is 5.99. The summed E-state index contributed by atoms with van der Waals surface area (Å²) in [5.74, 6) is 0.202. The molecule has 2 atom stereocenters. The molecule has 1 saturated heterocycles. The molecule has 2 aromatic carbocycles. The average molecular weight is 538 g/mol. The Morgan fingerprint density at radius 1 is 1.25 bits per heavy atom. The van der Waals surface area contributed by atoms with Gasteiger partial charge in [0.25, 0.3) is 5.69 Å². The van der Waals surface area contributed by atoms with E-state index >= 15 is 0 Å². The quantitative estimate of drug-likeness (QED) is 0.312. The lowest BCUT2D eigenvalue weighted by atomic mass is 10.2. The van der Waals surface area contributed by atoms with Gasteiger partial charge in [-0.2, -0.15) is 4.98 Å². The number of rotatable bonds is 6. The van der Waals surface area contributed by atoms with Crippen molar-refractivity contribution in [2.45, 2.75) is 35.0 Å². The number of nitrogen functional groups attached to an aromatic ring is 1. The fourth-order valence-corrected chi connectivity index (χ4v) is 5.44. The summed E-state index contributed by atoms with van der Waals surface area (Å²) in [5.41, 5.74) is 4.80. The summed E-state index contributed by atoms with van der Waals surface area (Å²) in [6, 6.07) is 11.0. The van der Waals surface area contributed by atoms with Crippen molar-refractivity contribution in [2.75, 3.05) is 24.7 Å². The molecule has 12 nitrogen and oxygen atoms in total. The molecular weight excluding hydrogens is 514 g/mol. The van der Waals surface area contributed by atoms with Crippen molar-refractivity contribution in [1.82, 2.24) is 9.55 Å². The molecule has 1 aliphatic rings. The van der Waals surface area contributed by atoms with Crippen LogP contribution in [0.4, 0.5) is 17.2 Å². The number of benzene rings is 2. The Labute approximate surface area is 211 Å². The topological polar surface area (TPSA) is 180 Å². The molecule has 14 heteroatoms. The lowest BCUT2D eigenvalue weighted by Crippen LogP contribution is -2.27. The van der Waals surface area contributed by atoms with E-state index in [2.05, 4.69) is 10.3 Å². The molecule has 4 N–H and O–H groups in total. The van der Waals surface area contributed by atoms with Crippen LogP contribution in [0.2, 0.25) is 5.02 Å². The Morgan fingerprint density at radius 2 is 1.97 bits per heavy atom. The van der Waals surface area contributed by atoms with E-state index in [0.29, 0.717) is 12.1 Å². The Morgan fingerprint density at radius 3 is 2.58 bits per heavy atom. The largest absolute Gasteiger partial charge is 0.394 e. The molecule has 1 aromatic heterocycles. The molecule has 3 aromatic rings. The second kappa shape index (κ2) is 11.5. The third-order valence-electron chi connectivity index (χ3n) is 5.30. The molecule has 0 unspecified atom stereocenters. The number of nitro benzene ring substituents is 1. The van der Waals surface area contributed by atoms with Crippen molar-refractivity contribution in [1.29, 1.82) is 0 Å². The van der Waals surface area contributed by atoms with Gasteiger partial charge in [-0.05, 0) is 43.2 Å². The second-order valence-electron chi connectivity index (χ2n) is 7.63. The number of hydrogen-bond donors (Lipinski definition) is 3. The SMILES string of the molecule is CNc1ccc(Cl)cc1S(=O)(=O)c1ccccc1[N+](=O)[O-].Nc1ccn([C@H]2CC[C@@H](CO)O2)c(=O)n1. The Hall–Kier alpha value is -3.52. The fourth-order valence-electron chi connectivity index (χ4n) is 3.55. The summed E-state index contributed by atoms with van der Waals surface area (Å²) in [4.78, 5) is 24.9. The van der Waals surface area contributed by atoms with E-state index in [4.69, 9.17) is 27.2 Å². The summed E-state index contributed by atoms with van der Waals surface area (Å²) in [6.45, 7) is -0.0202. The van der Waals surface area contributed by atoms with Gasteiger partial charge >= 0.3 is 5.69 Å². The molecule has 2 heterocycles. The third-order valence-corrected chi connectivity index (χ3v) is 7.38. The standard InChI is InChI=1S/C13H11ClN2O4S.C9H13N3O3/c1-15-10-7-6-9(14)8-13(10)21(19,20)12-5-3-2-4-11(12)16(17)18;10-7-3-4-12(9(14)11-7)8-2-1-6(5-13)15-8/h2-8,15H,1H3;3-4,6,8,13H,1-2,5H2,(H2,10,11,14)/t;6-,8+/m.0/s1. The van der Waals surface area contributed by atoms with E-state index in [9.17, 15) is 23.3 Å². The summed E-state index contributed by atoms with van der Waals surface area (Å²) in [7, 11) is -2.51. The first-order chi connectivity index (χ1) is 17.1. The van der Waals surface area contributed by atoms with Crippen LogP contribution >= 0.6 is 11.6 Å². The van der Waals surface area contributed by atoms with Crippen molar-refractivity contribution in [3.63, 3.8) is 0 Å². The first-order valence-corrected chi connectivity index (χ1v) is 12.5. The number of hydrogen-bond acceptors (Lipinski definition) is 10. The van der Waals surface area contributed by atoms with Gasteiger partial charge in [0, 0.05) is 24.3 Å². The normalized spacial score (nSPS) is 17.2. The molecule has 4 rings (SSSR count). The van der Waals surface area contributed by atoms with E-state index in [0.717, 1.165) is 12.5 Å². The maximum Gasteiger partial charge on any atom is 0.351 e. The number of nitrogens with one attached hydrogen (secondary N) is 1. The van der Waals surface area contributed by atoms with Gasteiger partial charge in [0.1, 0.15) is 16.9 Å². The van der Waals surface area contributed by atoms with Gasteiger partial charge in [0.05, 0.1) is 28.2 Å². The lowest BCUT2D eigenvalue weighted by molar-refractivity contribution is -0.387. The molecule has 0 saturated carbocycles. The van der Waals surface area contributed by atoms with Crippen LogP contribution in [0.15, 0.2) is 69.3 Å².